The van der Waals surface area contributed by atoms with Crippen LogP contribution in [-0.2, 0) is 9.47 Å². The smallest absolute Gasteiger partial charge is 0.410 e. The normalized spacial score (nSPS) is 25.1. The zero-order valence-electron chi connectivity index (χ0n) is 16.8. The summed E-state index contributed by atoms with van der Waals surface area (Å²) in [6.45, 7) is 8.41. The summed E-state index contributed by atoms with van der Waals surface area (Å²) in [6.07, 6.45) is 0.860. The zero-order chi connectivity index (χ0) is 19.8. The van der Waals surface area contributed by atoms with Crippen LogP contribution in [-0.4, -0.2) is 54.8 Å². The Bertz CT molecular complexity index is 710. The number of piperidine rings is 1. The van der Waals surface area contributed by atoms with E-state index in [4.69, 9.17) is 14.2 Å². The van der Waals surface area contributed by atoms with Crippen LogP contribution >= 0.6 is 0 Å². The lowest BCUT2D eigenvalue weighted by molar-refractivity contribution is -0.0861. The maximum Gasteiger partial charge on any atom is 0.410 e. The van der Waals surface area contributed by atoms with E-state index in [-0.39, 0.29) is 29.9 Å². The Kier molecular flexibility index (Phi) is 5.47. The van der Waals surface area contributed by atoms with E-state index in [1.165, 1.54) is 0 Å². The summed E-state index contributed by atoms with van der Waals surface area (Å²) in [5.74, 6) is 0.667. The zero-order valence-corrected chi connectivity index (χ0v) is 16.8. The minimum absolute atomic E-state index is 0.109. The van der Waals surface area contributed by atoms with E-state index in [2.05, 4.69) is 0 Å². The van der Waals surface area contributed by atoms with Gasteiger partial charge in [-0.25, -0.2) is 4.79 Å². The van der Waals surface area contributed by atoms with Crippen LogP contribution in [0.5, 0.6) is 5.75 Å². The number of benzene rings is 1. The number of fused-ring (bicyclic) bond motifs is 2. The Morgan fingerprint density at radius 1 is 1.11 bits per heavy atom. The fourth-order valence-corrected chi connectivity index (χ4v) is 3.99. The number of nitrogens with zero attached hydrogens (tertiary/aromatic N) is 1. The fourth-order valence-electron chi connectivity index (χ4n) is 3.99. The van der Waals surface area contributed by atoms with Crippen molar-refractivity contribution in [3.8, 4) is 5.75 Å². The molecule has 2 bridgehead atoms. The van der Waals surface area contributed by atoms with Gasteiger partial charge < -0.3 is 14.2 Å². The molecule has 3 rings (SSSR count). The number of ketones is 1. The molecule has 2 heterocycles. The summed E-state index contributed by atoms with van der Waals surface area (Å²) in [5, 5.41) is 0. The molecule has 6 nitrogen and oxygen atoms in total. The first-order chi connectivity index (χ1) is 12.7. The summed E-state index contributed by atoms with van der Waals surface area (Å²) in [5.41, 5.74) is 1.12. The molecule has 2 aliphatic rings. The number of aryl methyl sites for hydroxylation is 1. The van der Waals surface area contributed by atoms with Gasteiger partial charge in [-0.05, 0) is 64.3 Å². The molecule has 0 aromatic heterocycles. The van der Waals surface area contributed by atoms with Gasteiger partial charge in [0.25, 0.3) is 0 Å². The largest absolute Gasteiger partial charge is 0.497 e. The van der Waals surface area contributed by atoms with E-state index in [0.717, 1.165) is 5.56 Å². The predicted molar refractivity (Wildman–Crippen MR) is 101 cm³/mol. The van der Waals surface area contributed by atoms with Crippen LogP contribution < -0.4 is 4.74 Å². The minimum atomic E-state index is -0.545. The summed E-state index contributed by atoms with van der Waals surface area (Å²) < 4.78 is 16.5. The second kappa shape index (κ2) is 7.50. The van der Waals surface area contributed by atoms with E-state index in [9.17, 15) is 9.59 Å². The van der Waals surface area contributed by atoms with Crippen molar-refractivity contribution in [2.75, 3.05) is 20.3 Å². The molecule has 0 N–H and O–H groups in total. The minimum Gasteiger partial charge on any atom is -0.497 e. The van der Waals surface area contributed by atoms with Crippen molar-refractivity contribution in [2.45, 2.75) is 58.2 Å². The second-order valence-corrected chi connectivity index (χ2v) is 8.50. The van der Waals surface area contributed by atoms with Gasteiger partial charge in [0.05, 0.1) is 32.4 Å². The molecule has 2 unspecified atom stereocenters. The molecular weight excluding hydrogens is 346 g/mol. The molecule has 148 valence electrons. The molecule has 1 amide bonds. The van der Waals surface area contributed by atoms with Gasteiger partial charge >= 0.3 is 6.09 Å². The molecule has 2 atom stereocenters. The van der Waals surface area contributed by atoms with Crippen molar-refractivity contribution in [3.63, 3.8) is 0 Å². The number of morpholine rings is 1. The van der Waals surface area contributed by atoms with Gasteiger partial charge in [-0.15, -0.1) is 0 Å². The van der Waals surface area contributed by atoms with Crippen molar-refractivity contribution < 1.29 is 23.8 Å². The van der Waals surface area contributed by atoms with Crippen LogP contribution in [0.3, 0.4) is 0 Å². The quantitative estimate of drug-likeness (QED) is 0.755. The van der Waals surface area contributed by atoms with Crippen LogP contribution in [0.15, 0.2) is 18.2 Å². The summed E-state index contributed by atoms with van der Waals surface area (Å²) >= 11 is 0. The third-order valence-electron chi connectivity index (χ3n) is 5.07. The predicted octanol–water partition coefficient (Wildman–Crippen LogP) is 3.60. The summed E-state index contributed by atoms with van der Waals surface area (Å²) in [7, 11) is 1.60. The van der Waals surface area contributed by atoms with Crippen molar-refractivity contribution >= 4 is 11.9 Å². The Hall–Kier alpha value is -2.08. The number of amides is 1. The molecule has 0 radical (unpaired) electrons. The van der Waals surface area contributed by atoms with Crippen molar-refractivity contribution in [1.82, 2.24) is 4.90 Å². The van der Waals surface area contributed by atoms with Crippen LogP contribution in [0.1, 0.15) is 49.5 Å². The van der Waals surface area contributed by atoms with E-state index >= 15 is 0 Å². The van der Waals surface area contributed by atoms with Crippen LogP contribution in [0.25, 0.3) is 0 Å². The van der Waals surface area contributed by atoms with E-state index in [0.29, 0.717) is 37.4 Å². The maximum absolute atomic E-state index is 13.1. The Morgan fingerprint density at radius 3 is 2.30 bits per heavy atom. The highest BCUT2D eigenvalue weighted by atomic mass is 16.6. The van der Waals surface area contributed by atoms with E-state index in [1.54, 1.807) is 18.1 Å². The monoisotopic (exact) mass is 375 g/mol. The van der Waals surface area contributed by atoms with Gasteiger partial charge in [0.15, 0.2) is 5.78 Å². The van der Waals surface area contributed by atoms with E-state index < -0.39 is 5.60 Å². The van der Waals surface area contributed by atoms with Gasteiger partial charge in [-0.2, -0.15) is 0 Å². The standard InChI is InChI=1S/C21H29NO5/c1-13-6-14(10-18(7-13)25-5)19(23)15-8-16-11-26-12-17(9-15)22(16)20(24)27-21(2,3)4/h6-7,10,15-17H,8-9,11-12H2,1-5H3. The molecular formula is C21H29NO5. The third kappa shape index (κ3) is 4.43. The van der Waals surface area contributed by atoms with Crippen LogP contribution in [0.4, 0.5) is 4.79 Å². The number of carbonyl (C=O) groups excluding carboxylic acids is 2. The first kappa shape index (κ1) is 19.7. The molecule has 0 saturated carbocycles. The van der Waals surface area contributed by atoms with Crippen molar-refractivity contribution in [3.05, 3.63) is 29.3 Å². The van der Waals surface area contributed by atoms with E-state index in [1.807, 2.05) is 39.8 Å². The fraction of sp³-hybridized carbons (Fsp3) is 0.619. The molecule has 2 saturated heterocycles. The lowest BCUT2D eigenvalue weighted by Crippen LogP contribution is -2.60. The van der Waals surface area contributed by atoms with Crippen molar-refractivity contribution in [1.29, 1.82) is 0 Å². The van der Waals surface area contributed by atoms with Gasteiger partial charge in [-0.3, -0.25) is 9.69 Å². The molecule has 6 heteroatoms. The number of carbonyl (C=O) groups is 2. The number of ether oxygens (including phenoxy) is 3. The molecule has 0 spiro atoms. The van der Waals surface area contributed by atoms with Gasteiger partial charge in [-0.1, -0.05) is 0 Å². The SMILES string of the molecule is COc1cc(C)cc(C(=O)C2CC3COCC(C2)N3C(=O)OC(C)(C)C)c1. The Labute approximate surface area is 160 Å². The molecule has 1 aromatic carbocycles. The van der Waals surface area contributed by atoms with Gasteiger partial charge in [0, 0.05) is 11.5 Å². The van der Waals surface area contributed by atoms with Gasteiger partial charge in [0.2, 0.25) is 0 Å². The lowest BCUT2D eigenvalue weighted by atomic mass is 9.80. The topological polar surface area (TPSA) is 65.1 Å². The number of hydrogen-bond acceptors (Lipinski definition) is 5. The molecule has 1 aromatic rings. The average Bonchev–Trinajstić information content (AvgIpc) is 2.57. The average molecular weight is 375 g/mol. The lowest BCUT2D eigenvalue weighted by Gasteiger charge is -2.47. The third-order valence-corrected chi connectivity index (χ3v) is 5.07. The Morgan fingerprint density at radius 2 is 1.74 bits per heavy atom. The second-order valence-electron chi connectivity index (χ2n) is 8.50. The number of rotatable bonds is 3. The van der Waals surface area contributed by atoms with Crippen molar-refractivity contribution in [2.24, 2.45) is 5.92 Å². The molecule has 2 aliphatic heterocycles. The molecule has 2 fully saturated rings. The Balaban J connectivity index is 1.77. The highest BCUT2D eigenvalue weighted by Crippen LogP contribution is 2.35. The summed E-state index contributed by atoms with van der Waals surface area (Å²) in [6, 6.07) is 5.34. The summed E-state index contributed by atoms with van der Waals surface area (Å²) in [4.78, 5) is 27.6. The first-order valence-electron chi connectivity index (χ1n) is 9.47. The molecule has 0 aliphatic carbocycles. The maximum atomic E-state index is 13.1. The highest BCUT2D eigenvalue weighted by Gasteiger charge is 2.45. The number of hydrogen-bond donors (Lipinski definition) is 0. The van der Waals surface area contributed by atoms with Crippen LogP contribution in [0, 0.1) is 12.8 Å². The first-order valence-corrected chi connectivity index (χ1v) is 9.47. The van der Waals surface area contributed by atoms with Crippen LogP contribution in [0.2, 0.25) is 0 Å². The number of Topliss-reactive ketones (excluding diaryl/α,β-unsaturated/α-hetero) is 1. The highest BCUT2D eigenvalue weighted by molar-refractivity contribution is 5.98. The number of methoxy groups -OCH3 is 1. The van der Waals surface area contributed by atoms with Gasteiger partial charge in [0.1, 0.15) is 11.4 Å². The molecule has 27 heavy (non-hydrogen) atoms.